The molecule has 1 rings (SSSR count). The van der Waals surface area contributed by atoms with Crippen molar-refractivity contribution in [3.05, 3.63) is 23.4 Å². The van der Waals surface area contributed by atoms with Gasteiger partial charge in [-0.3, -0.25) is 4.79 Å². The molecule has 0 atom stereocenters. The molecule has 0 aromatic carbocycles. The van der Waals surface area contributed by atoms with Gasteiger partial charge in [0.25, 0.3) is 0 Å². The average Bonchev–Trinajstić information content (AvgIpc) is 1.97. The fourth-order valence-electron chi connectivity index (χ4n) is 0.472. The Hall–Kier alpha value is -0.760. The van der Waals surface area contributed by atoms with Crippen LogP contribution in [0.15, 0.2) is 23.4 Å². The van der Waals surface area contributed by atoms with Gasteiger partial charge in [-0.1, -0.05) is 17.7 Å². The zero-order valence-corrected chi connectivity index (χ0v) is 5.39. The quantitative estimate of drug-likeness (QED) is 0.483. The van der Waals surface area contributed by atoms with Crippen LogP contribution in [0.25, 0.3) is 0 Å². The number of carbonyl (C=O) groups is 1. The van der Waals surface area contributed by atoms with Crippen LogP contribution in [0.3, 0.4) is 0 Å². The first kappa shape index (κ1) is 6.36. The lowest BCUT2D eigenvalue weighted by Gasteiger charge is -1.88. The summed E-state index contributed by atoms with van der Waals surface area (Å²) in [6.07, 6.45) is 4.68. The Balaban J connectivity index is 2.69. The molecule has 0 N–H and O–H groups in total. The van der Waals surface area contributed by atoms with Crippen molar-refractivity contribution in [3.8, 4) is 0 Å². The standard InChI is InChI=1S/C6H5ClO2/c7-5-1-2-6(8)9-4-3-5/h1,3-4H,2H2. The highest BCUT2D eigenvalue weighted by molar-refractivity contribution is 6.31. The Morgan fingerprint density at radius 2 is 2.44 bits per heavy atom. The molecule has 0 bridgehead atoms. The van der Waals surface area contributed by atoms with Crippen LogP contribution >= 0.6 is 11.6 Å². The highest BCUT2D eigenvalue weighted by atomic mass is 35.5. The van der Waals surface area contributed by atoms with Gasteiger partial charge in [-0.05, 0) is 6.08 Å². The molecule has 0 aliphatic carbocycles. The third kappa shape index (κ3) is 1.90. The summed E-state index contributed by atoms with van der Waals surface area (Å²) in [5, 5.41) is 0.542. The molecule has 0 radical (unpaired) electrons. The molecule has 0 unspecified atom stereocenters. The van der Waals surface area contributed by atoms with Crippen molar-refractivity contribution < 1.29 is 9.53 Å². The summed E-state index contributed by atoms with van der Waals surface area (Å²) in [5.74, 6) is -0.276. The van der Waals surface area contributed by atoms with Crippen molar-refractivity contribution in [2.75, 3.05) is 0 Å². The van der Waals surface area contributed by atoms with Gasteiger partial charge in [0, 0.05) is 5.03 Å². The number of allylic oxidation sites excluding steroid dienone is 2. The van der Waals surface area contributed by atoms with Gasteiger partial charge in [0.2, 0.25) is 0 Å². The van der Waals surface area contributed by atoms with E-state index in [1.165, 1.54) is 12.3 Å². The molecule has 1 aliphatic heterocycles. The molecular weight excluding hydrogens is 140 g/mol. The first-order valence-electron chi connectivity index (χ1n) is 2.51. The Labute approximate surface area is 57.8 Å². The molecule has 1 aliphatic rings. The van der Waals surface area contributed by atoms with Crippen molar-refractivity contribution in [3.63, 3.8) is 0 Å². The van der Waals surface area contributed by atoms with Gasteiger partial charge < -0.3 is 4.74 Å². The van der Waals surface area contributed by atoms with E-state index in [1.807, 2.05) is 0 Å². The highest BCUT2D eigenvalue weighted by Crippen LogP contribution is 2.08. The Morgan fingerprint density at radius 3 is 3.22 bits per heavy atom. The maximum atomic E-state index is 10.5. The molecule has 0 spiro atoms. The van der Waals surface area contributed by atoms with Gasteiger partial charge in [0.1, 0.15) is 0 Å². The summed E-state index contributed by atoms with van der Waals surface area (Å²) < 4.78 is 4.52. The second kappa shape index (κ2) is 2.69. The molecule has 0 saturated heterocycles. The molecule has 0 aromatic rings. The van der Waals surface area contributed by atoms with Crippen molar-refractivity contribution >= 4 is 17.6 Å². The van der Waals surface area contributed by atoms with E-state index in [-0.39, 0.29) is 12.4 Å². The fraction of sp³-hybridized carbons (Fsp3) is 0.167. The second-order valence-corrected chi connectivity index (χ2v) is 2.02. The number of esters is 1. The first-order valence-corrected chi connectivity index (χ1v) is 2.88. The zero-order chi connectivity index (χ0) is 6.69. The van der Waals surface area contributed by atoms with Gasteiger partial charge in [0.05, 0.1) is 12.7 Å². The van der Waals surface area contributed by atoms with Crippen molar-refractivity contribution in [2.24, 2.45) is 0 Å². The normalized spacial score (nSPS) is 18.3. The minimum atomic E-state index is -0.276. The molecule has 3 heteroatoms. The molecule has 0 aromatic heterocycles. The average molecular weight is 145 g/mol. The summed E-state index contributed by atoms with van der Waals surface area (Å²) in [7, 11) is 0. The number of halogens is 1. The van der Waals surface area contributed by atoms with Crippen LogP contribution < -0.4 is 0 Å². The fourth-order valence-corrected chi connectivity index (χ4v) is 0.600. The smallest absolute Gasteiger partial charge is 0.314 e. The Bertz CT molecular complexity index is 181. The lowest BCUT2D eigenvalue weighted by atomic mass is 10.4. The number of rotatable bonds is 0. The van der Waals surface area contributed by atoms with E-state index in [4.69, 9.17) is 11.6 Å². The van der Waals surface area contributed by atoms with E-state index in [9.17, 15) is 4.79 Å². The van der Waals surface area contributed by atoms with Gasteiger partial charge in [0.15, 0.2) is 0 Å². The second-order valence-electron chi connectivity index (χ2n) is 1.59. The van der Waals surface area contributed by atoms with Gasteiger partial charge in [-0.2, -0.15) is 0 Å². The topological polar surface area (TPSA) is 26.3 Å². The molecule has 48 valence electrons. The summed E-state index contributed by atoms with van der Waals surface area (Å²) in [6, 6.07) is 0. The third-order valence-electron chi connectivity index (χ3n) is 0.890. The van der Waals surface area contributed by atoms with Crippen LogP contribution in [-0.2, 0) is 9.53 Å². The van der Waals surface area contributed by atoms with Crippen molar-refractivity contribution in [1.82, 2.24) is 0 Å². The van der Waals surface area contributed by atoms with Crippen LogP contribution in [0.1, 0.15) is 6.42 Å². The van der Waals surface area contributed by atoms with Crippen LogP contribution in [-0.4, -0.2) is 5.97 Å². The number of carbonyl (C=O) groups excluding carboxylic acids is 1. The highest BCUT2D eigenvalue weighted by Gasteiger charge is 2.00. The van der Waals surface area contributed by atoms with E-state index < -0.39 is 0 Å². The predicted molar refractivity (Wildman–Crippen MR) is 33.8 cm³/mol. The Kier molecular flexibility index (Phi) is 1.90. The summed E-state index contributed by atoms with van der Waals surface area (Å²) in [4.78, 5) is 10.5. The molecule has 9 heavy (non-hydrogen) atoms. The van der Waals surface area contributed by atoms with Gasteiger partial charge in [-0.25, -0.2) is 0 Å². The monoisotopic (exact) mass is 144 g/mol. The van der Waals surface area contributed by atoms with Crippen LogP contribution in [0.5, 0.6) is 0 Å². The third-order valence-corrected chi connectivity index (χ3v) is 1.17. The predicted octanol–water partition coefficient (Wildman–Crippen LogP) is 1.57. The van der Waals surface area contributed by atoms with Gasteiger partial charge in [-0.15, -0.1) is 0 Å². The number of ether oxygens (including phenoxy) is 1. The largest absolute Gasteiger partial charge is 0.434 e. The summed E-state index contributed by atoms with van der Waals surface area (Å²) >= 11 is 5.53. The lowest BCUT2D eigenvalue weighted by Crippen LogP contribution is -1.94. The van der Waals surface area contributed by atoms with Gasteiger partial charge >= 0.3 is 5.97 Å². The number of hydrogen-bond donors (Lipinski definition) is 0. The summed E-state index contributed by atoms with van der Waals surface area (Å²) in [6.45, 7) is 0. The molecule has 0 saturated carbocycles. The maximum Gasteiger partial charge on any atom is 0.314 e. The van der Waals surface area contributed by atoms with E-state index in [0.29, 0.717) is 5.03 Å². The molecule has 2 nitrogen and oxygen atoms in total. The SMILES string of the molecule is O=C1CC=C(Cl)C=CO1. The maximum absolute atomic E-state index is 10.5. The first-order chi connectivity index (χ1) is 4.29. The number of cyclic esters (lactones) is 1. The number of hydrogen-bond acceptors (Lipinski definition) is 2. The summed E-state index contributed by atoms with van der Waals surface area (Å²) in [5.41, 5.74) is 0. The van der Waals surface area contributed by atoms with Crippen LogP contribution in [0.4, 0.5) is 0 Å². The van der Waals surface area contributed by atoms with E-state index in [2.05, 4.69) is 4.74 Å². The minimum Gasteiger partial charge on any atom is -0.434 e. The minimum absolute atomic E-state index is 0.256. The van der Waals surface area contributed by atoms with E-state index in [1.54, 1.807) is 6.08 Å². The van der Waals surface area contributed by atoms with E-state index >= 15 is 0 Å². The van der Waals surface area contributed by atoms with Crippen molar-refractivity contribution in [2.45, 2.75) is 6.42 Å². The Morgan fingerprint density at radius 1 is 1.67 bits per heavy atom. The zero-order valence-electron chi connectivity index (χ0n) is 4.63. The molecule has 0 amide bonds. The van der Waals surface area contributed by atoms with Crippen molar-refractivity contribution in [1.29, 1.82) is 0 Å². The molecule has 0 fully saturated rings. The molecular formula is C6H5ClO2. The molecule has 1 heterocycles. The van der Waals surface area contributed by atoms with Crippen LogP contribution in [0.2, 0.25) is 0 Å². The lowest BCUT2D eigenvalue weighted by molar-refractivity contribution is -0.136. The van der Waals surface area contributed by atoms with Crippen LogP contribution in [0, 0.1) is 0 Å². The van der Waals surface area contributed by atoms with E-state index in [0.717, 1.165) is 0 Å².